The third kappa shape index (κ3) is 6.62. The van der Waals surface area contributed by atoms with Crippen molar-refractivity contribution in [3.05, 3.63) is 12.2 Å². The summed E-state index contributed by atoms with van der Waals surface area (Å²) in [5, 5.41) is 2.75. The highest BCUT2D eigenvalue weighted by molar-refractivity contribution is 5.92. The summed E-state index contributed by atoms with van der Waals surface area (Å²) in [6.45, 7) is 11.4. The van der Waals surface area contributed by atoms with Crippen LogP contribution in [0.2, 0.25) is 0 Å². The van der Waals surface area contributed by atoms with Gasteiger partial charge in [0.2, 0.25) is 5.91 Å². The summed E-state index contributed by atoms with van der Waals surface area (Å²) in [6.07, 6.45) is 4.27. The summed E-state index contributed by atoms with van der Waals surface area (Å²) in [4.78, 5) is 11.6. The molecule has 0 fully saturated rings. The van der Waals surface area contributed by atoms with E-state index in [0.717, 1.165) is 12.8 Å². The first-order valence-corrected chi connectivity index (χ1v) is 6.09. The lowest BCUT2D eigenvalue weighted by Crippen LogP contribution is -2.31. The molecule has 0 bridgehead atoms. The predicted octanol–water partition coefficient (Wildman–Crippen LogP) is 2.22. The van der Waals surface area contributed by atoms with Crippen LogP contribution in [0, 0.1) is 5.41 Å². The number of nitrogens with two attached hydrogens (primary N) is 1. The molecule has 3 heteroatoms. The van der Waals surface area contributed by atoms with E-state index >= 15 is 0 Å². The van der Waals surface area contributed by atoms with Gasteiger partial charge in [-0.05, 0) is 18.3 Å². The minimum Gasteiger partial charge on any atom is -0.351 e. The molecule has 16 heavy (non-hydrogen) atoms. The van der Waals surface area contributed by atoms with Crippen molar-refractivity contribution in [1.82, 2.24) is 5.32 Å². The summed E-state index contributed by atoms with van der Waals surface area (Å²) in [5.74, 6) is -0.0602. The summed E-state index contributed by atoms with van der Waals surface area (Å²) in [7, 11) is 0. The van der Waals surface area contributed by atoms with Crippen molar-refractivity contribution in [2.24, 2.45) is 11.1 Å². The van der Waals surface area contributed by atoms with Gasteiger partial charge in [-0.1, -0.05) is 40.2 Å². The van der Waals surface area contributed by atoms with Gasteiger partial charge in [-0.25, -0.2) is 0 Å². The van der Waals surface area contributed by atoms with Crippen molar-refractivity contribution >= 4 is 5.91 Å². The zero-order chi connectivity index (χ0) is 12.6. The van der Waals surface area contributed by atoms with Crippen molar-refractivity contribution < 1.29 is 4.79 Å². The fraction of sp³-hybridized carbons (Fsp3) is 0.769. The third-order valence-electron chi connectivity index (χ3n) is 2.65. The van der Waals surface area contributed by atoms with Crippen LogP contribution in [-0.2, 0) is 4.79 Å². The average molecular weight is 226 g/mol. The van der Waals surface area contributed by atoms with Crippen LogP contribution in [0.25, 0.3) is 0 Å². The number of hydrogen-bond donors (Lipinski definition) is 2. The van der Waals surface area contributed by atoms with Gasteiger partial charge in [0.1, 0.15) is 0 Å². The quantitative estimate of drug-likeness (QED) is 0.624. The van der Waals surface area contributed by atoms with Crippen molar-refractivity contribution in [3.63, 3.8) is 0 Å². The standard InChI is InChI=1S/C13H26N2O/c1-5-6-7-13(3,4)10-11(2)12(16)15-9-8-14/h2,5-10,14H2,1,3-4H3,(H,15,16). The summed E-state index contributed by atoms with van der Waals surface area (Å²) < 4.78 is 0. The molecule has 3 nitrogen and oxygen atoms in total. The largest absolute Gasteiger partial charge is 0.351 e. The summed E-state index contributed by atoms with van der Waals surface area (Å²) >= 11 is 0. The van der Waals surface area contributed by atoms with Crippen LogP contribution in [0.1, 0.15) is 46.5 Å². The second kappa shape index (κ2) is 7.44. The van der Waals surface area contributed by atoms with E-state index in [-0.39, 0.29) is 11.3 Å². The maximum atomic E-state index is 11.6. The van der Waals surface area contributed by atoms with Crippen molar-refractivity contribution in [2.45, 2.75) is 46.5 Å². The number of unbranched alkanes of at least 4 members (excludes halogenated alkanes) is 1. The molecule has 0 radical (unpaired) electrons. The Morgan fingerprint density at radius 2 is 2.06 bits per heavy atom. The normalized spacial score (nSPS) is 11.2. The minimum atomic E-state index is -0.0602. The molecule has 0 heterocycles. The molecule has 0 aliphatic heterocycles. The Morgan fingerprint density at radius 1 is 1.44 bits per heavy atom. The molecule has 0 rings (SSSR count). The Hall–Kier alpha value is -0.830. The van der Waals surface area contributed by atoms with Gasteiger partial charge in [0.05, 0.1) is 0 Å². The molecule has 0 atom stereocenters. The molecule has 0 aromatic rings. The topological polar surface area (TPSA) is 55.1 Å². The lowest BCUT2D eigenvalue weighted by atomic mass is 9.81. The fourth-order valence-electron chi connectivity index (χ4n) is 1.71. The zero-order valence-corrected chi connectivity index (χ0v) is 10.9. The Balaban J connectivity index is 4.06. The Bertz CT molecular complexity index is 234. The Kier molecular flexibility index (Phi) is 7.06. The van der Waals surface area contributed by atoms with Crippen LogP contribution in [0.4, 0.5) is 0 Å². The van der Waals surface area contributed by atoms with E-state index in [0.29, 0.717) is 18.7 Å². The molecule has 3 N–H and O–H groups in total. The van der Waals surface area contributed by atoms with Crippen molar-refractivity contribution in [3.8, 4) is 0 Å². The molecule has 0 spiro atoms. The van der Waals surface area contributed by atoms with E-state index in [4.69, 9.17) is 5.73 Å². The van der Waals surface area contributed by atoms with Gasteiger partial charge in [0.25, 0.3) is 0 Å². The van der Waals surface area contributed by atoms with Gasteiger partial charge in [-0.3, -0.25) is 4.79 Å². The first-order valence-electron chi connectivity index (χ1n) is 6.09. The van der Waals surface area contributed by atoms with E-state index in [1.807, 2.05) is 0 Å². The van der Waals surface area contributed by atoms with Gasteiger partial charge in [-0.2, -0.15) is 0 Å². The van der Waals surface area contributed by atoms with Crippen molar-refractivity contribution in [1.29, 1.82) is 0 Å². The van der Waals surface area contributed by atoms with Crippen LogP contribution in [0.3, 0.4) is 0 Å². The molecule has 1 amide bonds. The molecular weight excluding hydrogens is 200 g/mol. The van der Waals surface area contributed by atoms with E-state index in [9.17, 15) is 4.79 Å². The smallest absolute Gasteiger partial charge is 0.246 e. The fourth-order valence-corrected chi connectivity index (χ4v) is 1.71. The zero-order valence-electron chi connectivity index (χ0n) is 10.9. The van der Waals surface area contributed by atoms with E-state index in [1.165, 1.54) is 12.8 Å². The molecule has 0 aromatic carbocycles. The van der Waals surface area contributed by atoms with Crippen LogP contribution in [0.15, 0.2) is 12.2 Å². The first-order chi connectivity index (χ1) is 7.43. The monoisotopic (exact) mass is 226 g/mol. The average Bonchev–Trinajstić information content (AvgIpc) is 2.22. The van der Waals surface area contributed by atoms with Gasteiger partial charge in [0, 0.05) is 18.7 Å². The lowest BCUT2D eigenvalue weighted by Gasteiger charge is -2.25. The predicted molar refractivity (Wildman–Crippen MR) is 69.1 cm³/mol. The maximum absolute atomic E-state index is 11.6. The number of carbonyl (C=O) groups excluding carboxylic acids is 1. The van der Waals surface area contributed by atoms with Crippen LogP contribution >= 0.6 is 0 Å². The molecule has 94 valence electrons. The van der Waals surface area contributed by atoms with Crippen LogP contribution < -0.4 is 11.1 Å². The summed E-state index contributed by atoms with van der Waals surface area (Å²) in [5.41, 5.74) is 6.15. The second-order valence-electron chi connectivity index (χ2n) is 5.09. The molecule has 0 saturated carbocycles. The molecule has 0 saturated heterocycles. The van der Waals surface area contributed by atoms with Crippen LogP contribution in [-0.4, -0.2) is 19.0 Å². The first kappa shape index (κ1) is 15.2. The highest BCUT2D eigenvalue weighted by Gasteiger charge is 2.21. The highest BCUT2D eigenvalue weighted by atomic mass is 16.1. The highest BCUT2D eigenvalue weighted by Crippen LogP contribution is 2.30. The van der Waals surface area contributed by atoms with Gasteiger partial charge >= 0.3 is 0 Å². The molecule has 0 aliphatic rings. The Labute approximate surface area is 99.5 Å². The number of rotatable bonds is 8. The molecule has 0 aromatic heterocycles. The number of carbonyl (C=O) groups is 1. The minimum absolute atomic E-state index is 0.0602. The second-order valence-corrected chi connectivity index (χ2v) is 5.09. The molecular formula is C13H26N2O. The molecule has 0 aliphatic carbocycles. The van der Waals surface area contributed by atoms with E-state index in [2.05, 4.69) is 32.7 Å². The van der Waals surface area contributed by atoms with E-state index < -0.39 is 0 Å². The number of hydrogen-bond acceptors (Lipinski definition) is 2. The van der Waals surface area contributed by atoms with E-state index in [1.54, 1.807) is 0 Å². The van der Waals surface area contributed by atoms with Gasteiger partial charge in [0.15, 0.2) is 0 Å². The number of amides is 1. The third-order valence-corrected chi connectivity index (χ3v) is 2.65. The Morgan fingerprint density at radius 3 is 2.56 bits per heavy atom. The van der Waals surface area contributed by atoms with Crippen LogP contribution in [0.5, 0.6) is 0 Å². The number of nitrogens with one attached hydrogen (secondary N) is 1. The maximum Gasteiger partial charge on any atom is 0.246 e. The van der Waals surface area contributed by atoms with Gasteiger partial charge < -0.3 is 11.1 Å². The lowest BCUT2D eigenvalue weighted by molar-refractivity contribution is -0.117. The molecule has 0 unspecified atom stereocenters. The van der Waals surface area contributed by atoms with Crippen molar-refractivity contribution in [2.75, 3.05) is 13.1 Å². The summed E-state index contributed by atoms with van der Waals surface area (Å²) in [6, 6.07) is 0. The van der Waals surface area contributed by atoms with Gasteiger partial charge in [-0.15, -0.1) is 0 Å². The SMILES string of the molecule is C=C(CC(C)(C)CCCC)C(=O)NCCN.